The first-order chi connectivity index (χ1) is 9.69. The molecule has 4 aliphatic rings. The molecule has 5 rings (SSSR count). The fourth-order valence-corrected chi connectivity index (χ4v) is 5.82. The Morgan fingerprint density at radius 1 is 0.950 bits per heavy atom. The van der Waals surface area contributed by atoms with Gasteiger partial charge in [-0.25, -0.2) is 4.21 Å². The first-order valence-corrected chi connectivity index (χ1v) is 8.92. The van der Waals surface area contributed by atoms with Gasteiger partial charge in [0.05, 0.1) is 11.0 Å². The highest BCUT2D eigenvalue weighted by atomic mass is 32.2. The lowest BCUT2D eigenvalue weighted by Crippen LogP contribution is -2.49. The average Bonchev–Trinajstić information content (AvgIpc) is 2.42. The standard InChI is InChI=1S/C17H22O2S/c1-11-2-4-16(5-3-11)20(18)19-17-14-7-12-6-13(9-14)10-15(17)8-12/h2-5,12-15,17H,6-10H2,1H3/t12?,13?,14?,15?,17?,20-/m0/s1. The molecule has 3 heteroatoms. The Balaban J connectivity index is 1.49. The van der Waals surface area contributed by atoms with Crippen molar-refractivity contribution in [3.05, 3.63) is 29.8 Å². The average molecular weight is 290 g/mol. The Labute approximate surface area is 123 Å². The second kappa shape index (κ2) is 4.96. The number of benzene rings is 1. The SMILES string of the molecule is Cc1ccc([S@@](=O)OC2C3CC4CC(C3)CC2C4)cc1. The van der Waals surface area contributed by atoms with Crippen LogP contribution in [0.3, 0.4) is 0 Å². The summed E-state index contributed by atoms with van der Waals surface area (Å²) in [5.74, 6) is 3.21. The minimum atomic E-state index is -1.29. The summed E-state index contributed by atoms with van der Waals surface area (Å²) in [5, 5.41) is 0. The summed E-state index contributed by atoms with van der Waals surface area (Å²) in [4.78, 5) is 0.810. The number of hydrogen-bond acceptors (Lipinski definition) is 2. The van der Waals surface area contributed by atoms with E-state index in [1.54, 1.807) is 0 Å². The molecule has 0 saturated heterocycles. The van der Waals surface area contributed by atoms with Crippen molar-refractivity contribution in [1.82, 2.24) is 0 Å². The maximum atomic E-state index is 12.4. The van der Waals surface area contributed by atoms with Crippen LogP contribution in [-0.2, 0) is 15.3 Å². The van der Waals surface area contributed by atoms with Crippen LogP contribution in [0.4, 0.5) is 0 Å². The molecule has 1 atom stereocenters. The monoisotopic (exact) mass is 290 g/mol. The minimum Gasteiger partial charge on any atom is -0.283 e. The van der Waals surface area contributed by atoms with Crippen LogP contribution in [0, 0.1) is 30.6 Å². The third-order valence-electron chi connectivity index (χ3n) is 5.55. The summed E-state index contributed by atoms with van der Waals surface area (Å²) in [7, 11) is 0. The molecule has 0 unspecified atom stereocenters. The lowest BCUT2D eigenvalue weighted by atomic mass is 9.55. The van der Waals surface area contributed by atoms with Crippen molar-refractivity contribution in [2.75, 3.05) is 0 Å². The second-order valence-corrected chi connectivity index (χ2v) is 8.17. The van der Waals surface area contributed by atoms with Crippen LogP contribution in [-0.4, -0.2) is 10.3 Å². The number of rotatable bonds is 3. The summed E-state index contributed by atoms with van der Waals surface area (Å²) in [5.41, 5.74) is 1.19. The lowest BCUT2D eigenvalue weighted by molar-refractivity contribution is -0.0741. The zero-order valence-corrected chi connectivity index (χ0v) is 12.8. The second-order valence-electron chi connectivity index (χ2n) is 7.04. The van der Waals surface area contributed by atoms with Crippen LogP contribution in [0.1, 0.15) is 37.7 Å². The number of hydrogen-bond donors (Lipinski definition) is 0. The van der Waals surface area contributed by atoms with Gasteiger partial charge in [0, 0.05) is 0 Å². The Kier molecular flexibility index (Phi) is 3.23. The molecule has 1 aromatic carbocycles. The van der Waals surface area contributed by atoms with Gasteiger partial charge in [0.1, 0.15) is 0 Å². The van der Waals surface area contributed by atoms with Gasteiger partial charge in [-0.05, 0) is 74.8 Å². The van der Waals surface area contributed by atoms with E-state index in [4.69, 9.17) is 4.18 Å². The van der Waals surface area contributed by atoms with E-state index in [0.717, 1.165) is 16.7 Å². The summed E-state index contributed by atoms with van der Waals surface area (Å²) < 4.78 is 18.5. The highest BCUT2D eigenvalue weighted by molar-refractivity contribution is 7.80. The van der Waals surface area contributed by atoms with Crippen LogP contribution in [0.2, 0.25) is 0 Å². The Morgan fingerprint density at radius 2 is 1.50 bits per heavy atom. The van der Waals surface area contributed by atoms with Gasteiger partial charge in [-0.2, -0.15) is 0 Å². The molecular weight excluding hydrogens is 268 g/mol. The fourth-order valence-electron chi connectivity index (χ4n) is 4.84. The lowest BCUT2D eigenvalue weighted by Gasteiger charge is -2.53. The van der Waals surface area contributed by atoms with Crippen molar-refractivity contribution >= 4 is 11.1 Å². The molecule has 4 fully saturated rings. The molecule has 0 amide bonds. The van der Waals surface area contributed by atoms with Gasteiger partial charge < -0.3 is 0 Å². The molecule has 4 bridgehead atoms. The third-order valence-corrected chi connectivity index (χ3v) is 6.61. The van der Waals surface area contributed by atoms with Crippen molar-refractivity contribution < 1.29 is 8.39 Å². The van der Waals surface area contributed by atoms with Gasteiger partial charge in [-0.1, -0.05) is 17.7 Å². The summed E-state index contributed by atoms with van der Waals surface area (Å²) in [6.07, 6.45) is 6.92. The largest absolute Gasteiger partial charge is 0.283 e. The smallest absolute Gasteiger partial charge is 0.189 e. The molecule has 0 spiro atoms. The maximum absolute atomic E-state index is 12.4. The van der Waals surface area contributed by atoms with Crippen LogP contribution in [0.25, 0.3) is 0 Å². The van der Waals surface area contributed by atoms with Gasteiger partial charge in [-0.3, -0.25) is 4.18 Å². The summed E-state index contributed by atoms with van der Waals surface area (Å²) >= 11 is -1.29. The molecule has 108 valence electrons. The molecule has 0 aliphatic heterocycles. The van der Waals surface area contributed by atoms with Crippen molar-refractivity contribution in [2.45, 2.75) is 50.0 Å². The highest BCUT2D eigenvalue weighted by Crippen LogP contribution is 2.54. The zero-order chi connectivity index (χ0) is 13.7. The molecule has 4 saturated carbocycles. The van der Waals surface area contributed by atoms with Crippen LogP contribution >= 0.6 is 0 Å². The van der Waals surface area contributed by atoms with E-state index in [1.807, 2.05) is 31.2 Å². The van der Waals surface area contributed by atoms with Gasteiger partial charge in [0.2, 0.25) is 0 Å². The van der Waals surface area contributed by atoms with Crippen molar-refractivity contribution in [3.63, 3.8) is 0 Å². The summed E-state index contributed by atoms with van der Waals surface area (Å²) in [6.45, 7) is 2.05. The molecule has 0 aromatic heterocycles. The topological polar surface area (TPSA) is 26.3 Å². The maximum Gasteiger partial charge on any atom is 0.189 e. The van der Waals surface area contributed by atoms with E-state index in [2.05, 4.69) is 0 Å². The van der Waals surface area contributed by atoms with E-state index >= 15 is 0 Å². The van der Waals surface area contributed by atoms with E-state index in [0.29, 0.717) is 11.8 Å². The first kappa shape index (κ1) is 13.0. The normalized spacial score (nSPS) is 40.0. The molecule has 2 nitrogen and oxygen atoms in total. The van der Waals surface area contributed by atoms with Crippen LogP contribution in [0.5, 0.6) is 0 Å². The van der Waals surface area contributed by atoms with E-state index in [-0.39, 0.29) is 6.10 Å². The molecule has 20 heavy (non-hydrogen) atoms. The van der Waals surface area contributed by atoms with Crippen molar-refractivity contribution in [1.29, 1.82) is 0 Å². The van der Waals surface area contributed by atoms with Crippen molar-refractivity contribution in [2.24, 2.45) is 23.7 Å². The fraction of sp³-hybridized carbons (Fsp3) is 0.647. The Hall–Kier alpha value is -0.670. The van der Waals surface area contributed by atoms with Crippen LogP contribution < -0.4 is 0 Å². The quantitative estimate of drug-likeness (QED) is 0.845. The zero-order valence-electron chi connectivity index (χ0n) is 12.0. The molecule has 0 radical (unpaired) electrons. The predicted octanol–water partition coefficient (Wildman–Crippen LogP) is 3.86. The third kappa shape index (κ3) is 2.25. The predicted molar refractivity (Wildman–Crippen MR) is 79.5 cm³/mol. The molecular formula is C17H22O2S. The first-order valence-electron chi connectivity index (χ1n) is 7.84. The van der Waals surface area contributed by atoms with Gasteiger partial charge >= 0.3 is 0 Å². The van der Waals surface area contributed by atoms with E-state index in [1.165, 1.54) is 37.7 Å². The van der Waals surface area contributed by atoms with E-state index in [9.17, 15) is 4.21 Å². The molecule has 4 aliphatic carbocycles. The van der Waals surface area contributed by atoms with Gasteiger partial charge in [0.25, 0.3) is 0 Å². The van der Waals surface area contributed by atoms with Gasteiger partial charge in [-0.15, -0.1) is 0 Å². The number of aryl methyl sites for hydroxylation is 1. The molecule has 1 aromatic rings. The van der Waals surface area contributed by atoms with E-state index < -0.39 is 11.1 Å². The molecule has 0 N–H and O–H groups in total. The minimum absolute atomic E-state index is 0.241. The highest BCUT2D eigenvalue weighted by Gasteiger charge is 2.49. The van der Waals surface area contributed by atoms with Crippen molar-refractivity contribution in [3.8, 4) is 0 Å². The molecule has 0 heterocycles. The van der Waals surface area contributed by atoms with Gasteiger partial charge in [0.15, 0.2) is 11.1 Å². The Bertz CT molecular complexity index is 494. The summed E-state index contributed by atoms with van der Waals surface area (Å²) in [6, 6.07) is 7.88. The van der Waals surface area contributed by atoms with Crippen LogP contribution in [0.15, 0.2) is 29.2 Å². The Morgan fingerprint density at radius 3 is 2.05 bits per heavy atom.